The Bertz CT molecular complexity index is 1040. The number of amides is 1. The second kappa shape index (κ2) is 7.20. The number of aromatic nitrogens is 2. The molecule has 0 aliphatic heterocycles. The highest BCUT2D eigenvalue weighted by Gasteiger charge is 2.13. The minimum absolute atomic E-state index is 0.0113. The lowest BCUT2D eigenvalue weighted by Gasteiger charge is -2.14. The number of aryl methyl sites for hydroxylation is 1. The zero-order chi connectivity index (χ0) is 18.8. The highest BCUT2D eigenvalue weighted by Crippen LogP contribution is 2.23. The predicted octanol–water partition coefficient (Wildman–Crippen LogP) is 2.09. The van der Waals surface area contributed by atoms with E-state index in [1.165, 1.54) is 24.3 Å². The smallest absolute Gasteiger partial charge is 0.257 e. The summed E-state index contributed by atoms with van der Waals surface area (Å²) in [6.07, 6.45) is 0. The van der Waals surface area contributed by atoms with Crippen LogP contribution >= 0.6 is 11.8 Å². The van der Waals surface area contributed by atoms with Crippen molar-refractivity contribution in [2.75, 3.05) is 5.75 Å². The van der Waals surface area contributed by atoms with Crippen LogP contribution in [0.1, 0.15) is 11.4 Å². The van der Waals surface area contributed by atoms with Gasteiger partial charge in [-0.1, -0.05) is 11.8 Å². The normalized spacial score (nSPS) is 11.0. The third kappa shape index (κ3) is 3.72. The third-order valence-electron chi connectivity index (χ3n) is 3.89. The summed E-state index contributed by atoms with van der Waals surface area (Å²) in [5.74, 6) is -1.11. The number of oxazole rings is 1. The van der Waals surface area contributed by atoms with Crippen molar-refractivity contribution in [1.82, 2.24) is 14.9 Å². The summed E-state index contributed by atoms with van der Waals surface area (Å²) < 4.78 is 20.2. The van der Waals surface area contributed by atoms with Gasteiger partial charge in [-0.25, -0.2) is 9.37 Å². The van der Waals surface area contributed by atoms with Gasteiger partial charge in [0.1, 0.15) is 11.3 Å². The summed E-state index contributed by atoms with van der Waals surface area (Å²) >= 11 is 1.07. The van der Waals surface area contributed by atoms with Crippen LogP contribution < -0.4 is 10.7 Å². The number of halogens is 1. The number of hydrogen-bond acceptors (Lipinski definition) is 6. The summed E-state index contributed by atoms with van der Waals surface area (Å²) in [5, 5.41) is 12.8. The van der Waals surface area contributed by atoms with Crippen molar-refractivity contribution >= 4 is 28.8 Å². The summed E-state index contributed by atoms with van der Waals surface area (Å²) in [6.45, 7) is 1.75. The fourth-order valence-electron chi connectivity index (χ4n) is 2.37. The zero-order valence-electron chi connectivity index (χ0n) is 14.1. The van der Waals surface area contributed by atoms with Crippen LogP contribution in [0.4, 0.5) is 4.39 Å². The average Bonchev–Trinajstić information content (AvgIpc) is 3.00. The number of aromatic hydroxyl groups is 1. The second-order valence-corrected chi connectivity index (χ2v) is 6.59. The number of carbonyl (C=O) groups excluding carboxylic acids is 1. The highest BCUT2D eigenvalue weighted by atomic mass is 32.2. The van der Waals surface area contributed by atoms with E-state index in [0.29, 0.717) is 22.5 Å². The molecule has 0 spiro atoms. The van der Waals surface area contributed by atoms with Gasteiger partial charge in [0.2, 0.25) is 11.3 Å². The van der Waals surface area contributed by atoms with E-state index in [4.69, 9.17) is 4.42 Å². The summed E-state index contributed by atoms with van der Waals surface area (Å²) in [7, 11) is 1.70. The first-order valence-electron chi connectivity index (χ1n) is 7.69. The molecule has 2 heterocycles. The van der Waals surface area contributed by atoms with Crippen molar-refractivity contribution < 1.29 is 18.7 Å². The fraction of sp³-hybridized carbons (Fsp3) is 0.235. The molecular formula is C17H16FN3O4S. The second-order valence-electron chi connectivity index (χ2n) is 5.66. The largest absolute Gasteiger partial charge is 0.503 e. The van der Waals surface area contributed by atoms with Crippen LogP contribution in [0.25, 0.3) is 11.1 Å². The molecule has 0 fully saturated rings. The number of carbonyl (C=O) groups is 1. The Morgan fingerprint density at radius 2 is 2.19 bits per heavy atom. The van der Waals surface area contributed by atoms with E-state index in [1.54, 1.807) is 18.5 Å². The molecule has 1 aromatic carbocycles. The maximum Gasteiger partial charge on any atom is 0.257 e. The molecule has 136 valence electrons. The number of nitrogens with zero attached hydrogens (tertiary/aromatic N) is 2. The van der Waals surface area contributed by atoms with Crippen LogP contribution in [0.2, 0.25) is 0 Å². The Morgan fingerprint density at radius 3 is 2.96 bits per heavy atom. The van der Waals surface area contributed by atoms with Crippen molar-refractivity contribution in [2.45, 2.75) is 18.7 Å². The maximum atomic E-state index is 13.1. The van der Waals surface area contributed by atoms with Gasteiger partial charge >= 0.3 is 0 Å². The third-order valence-corrected chi connectivity index (χ3v) is 4.72. The molecule has 0 unspecified atom stereocenters. The van der Waals surface area contributed by atoms with E-state index in [0.717, 1.165) is 11.8 Å². The van der Waals surface area contributed by atoms with Gasteiger partial charge < -0.3 is 19.4 Å². The first-order valence-corrected chi connectivity index (χ1v) is 8.68. The lowest BCUT2D eigenvalue weighted by Crippen LogP contribution is -2.27. The summed E-state index contributed by atoms with van der Waals surface area (Å²) in [6, 6.07) is 5.34. The maximum absolute atomic E-state index is 13.1. The van der Waals surface area contributed by atoms with E-state index >= 15 is 0 Å². The molecule has 0 atom stereocenters. The molecule has 0 radical (unpaired) electrons. The molecule has 0 bridgehead atoms. The van der Waals surface area contributed by atoms with Gasteiger partial charge in [-0.15, -0.1) is 0 Å². The summed E-state index contributed by atoms with van der Waals surface area (Å²) in [5.41, 5.74) is 1.33. The van der Waals surface area contributed by atoms with E-state index in [-0.39, 0.29) is 29.2 Å². The van der Waals surface area contributed by atoms with E-state index in [2.05, 4.69) is 10.3 Å². The topological polar surface area (TPSA) is 97.4 Å². The van der Waals surface area contributed by atoms with Gasteiger partial charge in [-0.3, -0.25) is 9.59 Å². The van der Waals surface area contributed by atoms with Crippen molar-refractivity contribution in [2.24, 2.45) is 7.05 Å². The Kier molecular flexibility index (Phi) is 4.99. The lowest BCUT2D eigenvalue weighted by molar-refractivity contribution is -0.118. The van der Waals surface area contributed by atoms with Gasteiger partial charge in [0.25, 0.3) is 5.22 Å². The van der Waals surface area contributed by atoms with Gasteiger partial charge in [-0.05, 0) is 19.1 Å². The Balaban J connectivity index is 1.62. The number of fused-ring (bicyclic) bond motifs is 1. The molecular weight excluding hydrogens is 361 g/mol. The van der Waals surface area contributed by atoms with Gasteiger partial charge in [-0.2, -0.15) is 0 Å². The standard InChI is InChI=1S/C17H16FN3O4S/c1-9-5-13(22)16(24)12(21(9)2)7-19-15(23)8-26-17-20-11-4-3-10(18)6-14(11)25-17/h3-6,24H,7-8H2,1-2H3,(H,19,23). The molecule has 0 aliphatic carbocycles. The Hall–Kier alpha value is -2.81. The monoisotopic (exact) mass is 377 g/mol. The van der Waals surface area contributed by atoms with E-state index in [1.807, 2.05) is 0 Å². The number of hydrogen-bond donors (Lipinski definition) is 2. The Labute approximate surface area is 151 Å². The average molecular weight is 377 g/mol. The fourth-order valence-corrected chi connectivity index (χ4v) is 3.04. The quantitative estimate of drug-likeness (QED) is 0.661. The molecule has 3 aromatic rings. The molecule has 0 aliphatic rings. The molecule has 2 N–H and O–H groups in total. The van der Waals surface area contributed by atoms with Crippen LogP contribution in [0.15, 0.2) is 38.7 Å². The lowest BCUT2D eigenvalue weighted by atomic mass is 10.2. The number of rotatable bonds is 5. The van der Waals surface area contributed by atoms with E-state index in [9.17, 15) is 19.1 Å². The van der Waals surface area contributed by atoms with Crippen molar-refractivity contribution in [3.8, 4) is 5.75 Å². The van der Waals surface area contributed by atoms with Crippen molar-refractivity contribution in [3.63, 3.8) is 0 Å². The van der Waals surface area contributed by atoms with Crippen LogP contribution in [0, 0.1) is 12.7 Å². The van der Waals surface area contributed by atoms with E-state index < -0.39 is 11.2 Å². The number of nitrogens with one attached hydrogen (secondary N) is 1. The number of pyridine rings is 1. The van der Waals surface area contributed by atoms with Crippen molar-refractivity contribution in [3.05, 3.63) is 51.7 Å². The van der Waals surface area contributed by atoms with Gasteiger partial charge in [0, 0.05) is 24.9 Å². The SMILES string of the molecule is Cc1cc(=O)c(O)c(CNC(=O)CSc2nc3ccc(F)cc3o2)n1C. The molecule has 2 aromatic heterocycles. The number of thioether (sulfide) groups is 1. The molecule has 0 saturated heterocycles. The minimum atomic E-state index is -0.488. The zero-order valence-corrected chi connectivity index (χ0v) is 14.9. The van der Waals surface area contributed by atoms with Crippen LogP contribution in [-0.2, 0) is 18.4 Å². The van der Waals surface area contributed by atoms with Gasteiger partial charge in [0.05, 0.1) is 18.0 Å². The van der Waals surface area contributed by atoms with Gasteiger partial charge in [0.15, 0.2) is 11.3 Å². The first-order chi connectivity index (χ1) is 12.3. The first kappa shape index (κ1) is 18.0. The molecule has 26 heavy (non-hydrogen) atoms. The molecule has 0 saturated carbocycles. The van der Waals surface area contributed by atoms with Crippen molar-refractivity contribution in [1.29, 1.82) is 0 Å². The highest BCUT2D eigenvalue weighted by molar-refractivity contribution is 7.99. The molecule has 3 rings (SSSR count). The molecule has 1 amide bonds. The number of benzene rings is 1. The van der Waals surface area contributed by atoms with Crippen LogP contribution in [0.5, 0.6) is 5.75 Å². The minimum Gasteiger partial charge on any atom is -0.503 e. The Morgan fingerprint density at radius 1 is 1.42 bits per heavy atom. The predicted molar refractivity (Wildman–Crippen MR) is 94.6 cm³/mol. The summed E-state index contributed by atoms with van der Waals surface area (Å²) in [4.78, 5) is 27.8. The van der Waals surface area contributed by atoms with Crippen LogP contribution in [-0.4, -0.2) is 26.3 Å². The van der Waals surface area contributed by atoms with Crippen LogP contribution in [0.3, 0.4) is 0 Å². The molecule has 7 nitrogen and oxygen atoms in total. The molecule has 9 heteroatoms.